The van der Waals surface area contributed by atoms with Gasteiger partial charge in [0, 0.05) is 57.8 Å². The molecule has 0 aliphatic carbocycles. The lowest BCUT2D eigenvalue weighted by atomic mass is 9.97. The fraction of sp³-hybridized carbons (Fsp3) is 0.600. The molecule has 2 heterocycles. The van der Waals surface area contributed by atoms with Gasteiger partial charge in [-0.05, 0) is 24.8 Å². The number of nitrogens with zero attached hydrogens (tertiary/aromatic N) is 4. The van der Waals surface area contributed by atoms with Crippen molar-refractivity contribution in [2.45, 2.75) is 33.1 Å². The zero-order chi connectivity index (χ0) is 20.3. The molecule has 0 unspecified atom stereocenters. The van der Waals surface area contributed by atoms with Gasteiger partial charge in [-0.15, -0.1) is 0 Å². The second-order valence-corrected chi connectivity index (χ2v) is 7.65. The monoisotopic (exact) mass is 388 g/mol. The van der Waals surface area contributed by atoms with Gasteiger partial charge >= 0.3 is 0 Å². The highest BCUT2D eigenvalue weighted by Crippen LogP contribution is 2.30. The minimum Gasteiger partial charge on any atom is -0.371 e. The van der Waals surface area contributed by atoms with Gasteiger partial charge in [0.25, 0.3) is 11.6 Å². The minimum absolute atomic E-state index is 0.0720. The molecule has 0 saturated carbocycles. The van der Waals surface area contributed by atoms with Crippen molar-refractivity contribution in [2.24, 2.45) is 5.92 Å². The lowest BCUT2D eigenvalue weighted by molar-refractivity contribution is -0.384. The highest BCUT2D eigenvalue weighted by molar-refractivity contribution is 6.00. The van der Waals surface area contributed by atoms with Crippen LogP contribution in [0, 0.1) is 16.0 Å². The maximum absolute atomic E-state index is 13.2. The number of non-ortho nitro benzene ring substituents is 1. The Hall–Kier alpha value is -2.64. The molecule has 152 valence electrons. The average molecular weight is 388 g/mol. The molecule has 0 bridgehead atoms. The third-order valence-electron chi connectivity index (χ3n) is 5.77. The molecule has 2 aliphatic heterocycles. The molecule has 2 fully saturated rings. The number of amides is 2. The summed E-state index contributed by atoms with van der Waals surface area (Å²) in [6, 6.07) is 4.58. The first-order valence-corrected chi connectivity index (χ1v) is 10.0. The quantitative estimate of drug-likeness (QED) is 0.584. The summed E-state index contributed by atoms with van der Waals surface area (Å²) in [6.07, 6.45) is 2.54. The average Bonchev–Trinajstić information content (AvgIpc) is 2.73. The van der Waals surface area contributed by atoms with Crippen LogP contribution in [0.2, 0.25) is 0 Å². The molecule has 3 rings (SSSR count). The minimum atomic E-state index is -0.462. The number of piperidine rings is 1. The van der Waals surface area contributed by atoms with Crippen molar-refractivity contribution in [3.8, 4) is 0 Å². The normalized spacial score (nSPS) is 18.3. The fourth-order valence-electron chi connectivity index (χ4n) is 3.89. The molecule has 1 aromatic carbocycles. The maximum Gasteiger partial charge on any atom is 0.270 e. The molecule has 8 heteroatoms. The molecule has 2 amide bonds. The first-order valence-electron chi connectivity index (χ1n) is 10.0. The van der Waals surface area contributed by atoms with E-state index in [2.05, 4.69) is 11.8 Å². The Bertz CT molecular complexity index is 751. The fourth-order valence-corrected chi connectivity index (χ4v) is 3.89. The molecular weight excluding hydrogens is 360 g/mol. The number of carbonyl (C=O) groups excluding carboxylic acids is 2. The van der Waals surface area contributed by atoms with Crippen LogP contribution >= 0.6 is 0 Å². The van der Waals surface area contributed by atoms with Crippen LogP contribution in [-0.4, -0.2) is 65.8 Å². The third kappa shape index (κ3) is 4.26. The second kappa shape index (κ2) is 8.58. The predicted molar refractivity (Wildman–Crippen MR) is 106 cm³/mol. The summed E-state index contributed by atoms with van der Waals surface area (Å²) in [5, 5.41) is 11.3. The van der Waals surface area contributed by atoms with E-state index in [4.69, 9.17) is 0 Å². The Morgan fingerprint density at radius 1 is 1.07 bits per heavy atom. The molecule has 28 heavy (non-hydrogen) atoms. The Morgan fingerprint density at radius 3 is 2.25 bits per heavy atom. The van der Waals surface area contributed by atoms with Gasteiger partial charge in [-0.25, -0.2) is 0 Å². The maximum atomic E-state index is 13.2. The number of hydrogen-bond acceptors (Lipinski definition) is 5. The summed E-state index contributed by atoms with van der Waals surface area (Å²) in [7, 11) is 0. The smallest absolute Gasteiger partial charge is 0.270 e. The number of rotatable bonds is 4. The van der Waals surface area contributed by atoms with Gasteiger partial charge < -0.3 is 14.7 Å². The Kier molecular flexibility index (Phi) is 6.16. The topological polar surface area (TPSA) is 87.0 Å². The SMILES string of the molecule is CCC(=O)N1CCN(C(=O)c2cc([N+](=O)[O-])ccc2N2CCC(C)CC2)CC1. The molecule has 0 N–H and O–H groups in total. The zero-order valence-electron chi connectivity index (χ0n) is 16.6. The van der Waals surface area contributed by atoms with E-state index >= 15 is 0 Å². The van der Waals surface area contributed by atoms with Crippen molar-refractivity contribution in [1.29, 1.82) is 0 Å². The summed E-state index contributed by atoms with van der Waals surface area (Å²) in [4.78, 5) is 41.5. The van der Waals surface area contributed by atoms with Gasteiger partial charge in [-0.3, -0.25) is 19.7 Å². The van der Waals surface area contributed by atoms with E-state index in [1.807, 2.05) is 6.92 Å². The Balaban J connectivity index is 1.82. The van der Waals surface area contributed by atoms with Crippen LogP contribution in [0.25, 0.3) is 0 Å². The van der Waals surface area contributed by atoms with E-state index in [0.29, 0.717) is 44.1 Å². The lowest BCUT2D eigenvalue weighted by Crippen LogP contribution is -2.50. The number of nitro benzene ring substituents is 1. The molecule has 0 radical (unpaired) electrons. The van der Waals surface area contributed by atoms with E-state index in [1.54, 1.807) is 15.9 Å². The molecule has 2 aliphatic rings. The van der Waals surface area contributed by atoms with Crippen molar-refractivity contribution in [1.82, 2.24) is 9.80 Å². The summed E-state index contributed by atoms with van der Waals surface area (Å²) >= 11 is 0. The third-order valence-corrected chi connectivity index (χ3v) is 5.77. The number of anilines is 1. The first-order chi connectivity index (χ1) is 13.4. The second-order valence-electron chi connectivity index (χ2n) is 7.65. The van der Waals surface area contributed by atoms with Gasteiger partial charge in [0.15, 0.2) is 0 Å². The first kappa shape index (κ1) is 20.1. The largest absolute Gasteiger partial charge is 0.371 e. The molecule has 1 aromatic rings. The standard InChI is InChI=1S/C20H28N4O4/c1-3-19(25)22-10-12-23(13-11-22)20(26)17-14-16(24(27)28)4-5-18(17)21-8-6-15(2)7-9-21/h4-5,14-15H,3,6-13H2,1-2H3. The molecule has 0 atom stereocenters. The summed E-state index contributed by atoms with van der Waals surface area (Å²) in [5.74, 6) is 0.545. The highest BCUT2D eigenvalue weighted by atomic mass is 16.6. The molecular formula is C20H28N4O4. The summed E-state index contributed by atoms with van der Waals surface area (Å²) < 4.78 is 0. The predicted octanol–water partition coefficient (Wildman–Crippen LogP) is 2.53. The van der Waals surface area contributed by atoms with Crippen molar-refractivity contribution < 1.29 is 14.5 Å². The van der Waals surface area contributed by atoms with Gasteiger partial charge in [0.05, 0.1) is 16.2 Å². The van der Waals surface area contributed by atoms with Crippen LogP contribution in [0.4, 0.5) is 11.4 Å². The van der Waals surface area contributed by atoms with Crippen LogP contribution in [0.3, 0.4) is 0 Å². The van der Waals surface area contributed by atoms with Gasteiger partial charge in [-0.2, -0.15) is 0 Å². The molecule has 0 spiro atoms. The zero-order valence-corrected chi connectivity index (χ0v) is 16.6. The highest BCUT2D eigenvalue weighted by Gasteiger charge is 2.29. The van der Waals surface area contributed by atoms with Gasteiger partial charge in [0.1, 0.15) is 0 Å². The van der Waals surface area contributed by atoms with Crippen molar-refractivity contribution in [2.75, 3.05) is 44.2 Å². The number of carbonyl (C=O) groups is 2. The number of nitro groups is 1. The number of piperazine rings is 1. The van der Waals surface area contributed by atoms with Gasteiger partial charge in [-0.1, -0.05) is 13.8 Å². The lowest BCUT2D eigenvalue weighted by Gasteiger charge is -2.36. The Labute approximate surface area is 165 Å². The van der Waals surface area contributed by atoms with E-state index in [1.165, 1.54) is 12.1 Å². The van der Waals surface area contributed by atoms with Crippen molar-refractivity contribution in [3.63, 3.8) is 0 Å². The van der Waals surface area contributed by atoms with Crippen molar-refractivity contribution >= 4 is 23.2 Å². The summed E-state index contributed by atoms with van der Waals surface area (Å²) in [6.45, 7) is 7.64. The number of benzene rings is 1. The Morgan fingerprint density at radius 2 is 1.68 bits per heavy atom. The molecule has 8 nitrogen and oxygen atoms in total. The molecule has 0 aromatic heterocycles. The van der Waals surface area contributed by atoms with Crippen LogP contribution < -0.4 is 4.90 Å². The van der Waals surface area contributed by atoms with E-state index in [0.717, 1.165) is 31.6 Å². The van der Waals surface area contributed by atoms with E-state index in [9.17, 15) is 19.7 Å². The van der Waals surface area contributed by atoms with E-state index < -0.39 is 4.92 Å². The summed E-state index contributed by atoms with van der Waals surface area (Å²) in [5.41, 5.74) is 1.09. The van der Waals surface area contributed by atoms with Crippen LogP contribution in [0.1, 0.15) is 43.5 Å². The van der Waals surface area contributed by atoms with Crippen LogP contribution in [0.15, 0.2) is 18.2 Å². The van der Waals surface area contributed by atoms with Crippen LogP contribution in [0.5, 0.6) is 0 Å². The van der Waals surface area contributed by atoms with Gasteiger partial charge in [0.2, 0.25) is 5.91 Å². The van der Waals surface area contributed by atoms with Crippen LogP contribution in [-0.2, 0) is 4.79 Å². The van der Waals surface area contributed by atoms with E-state index in [-0.39, 0.29) is 17.5 Å². The molecule has 2 saturated heterocycles. The number of hydrogen-bond donors (Lipinski definition) is 0. The van der Waals surface area contributed by atoms with Crippen molar-refractivity contribution in [3.05, 3.63) is 33.9 Å².